The predicted molar refractivity (Wildman–Crippen MR) is 194 cm³/mol. The van der Waals surface area contributed by atoms with Gasteiger partial charge in [-0.3, -0.25) is 14.4 Å². The summed E-state index contributed by atoms with van der Waals surface area (Å²) in [5.41, 5.74) is 2.00. The van der Waals surface area contributed by atoms with Gasteiger partial charge in [0.15, 0.2) is 0 Å². The van der Waals surface area contributed by atoms with E-state index in [-0.39, 0.29) is 11.4 Å². The molecule has 5 aromatic rings. The van der Waals surface area contributed by atoms with Crippen molar-refractivity contribution in [2.75, 3.05) is 24.9 Å². The summed E-state index contributed by atoms with van der Waals surface area (Å²) in [5.74, 6) is -1.07. The van der Waals surface area contributed by atoms with Crippen molar-refractivity contribution in [1.82, 2.24) is 5.32 Å². The van der Waals surface area contributed by atoms with E-state index < -0.39 is 28.8 Å². The molecule has 1 unspecified atom stereocenters. The summed E-state index contributed by atoms with van der Waals surface area (Å²) in [5, 5.41) is 7.53. The highest BCUT2D eigenvalue weighted by Gasteiger charge is 2.24. The minimum absolute atomic E-state index is 0.0449. The number of carbonyl (C=O) groups is 3. The summed E-state index contributed by atoms with van der Waals surface area (Å²) < 4.78 is 26.0. The number of rotatable bonds is 12. The Kier molecular flexibility index (Phi) is 11.9. The van der Waals surface area contributed by atoms with Crippen LogP contribution in [0.25, 0.3) is 6.08 Å². The van der Waals surface area contributed by atoms with Crippen LogP contribution in [0.2, 0.25) is 0 Å². The fourth-order valence-electron chi connectivity index (χ4n) is 4.72. The lowest BCUT2D eigenvalue weighted by molar-refractivity contribution is -0.116. The van der Waals surface area contributed by atoms with Gasteiger partial charge in [-0.05, 0) is 78.4 Å². The highest BCUT2D eigenvalue weighted by molar-refractivity contribution is 9.10. The lowest BCUT2D eigenvalue weighted by atomic mass is 10.1. The van der Waals surface area contributed by atoms with E-state index >= 15 is 0 Å². The SMILES string of the molecule is COc1ccc(OC)c(/C=C(/NC(=O)c2ccccc2)C(=O)Nc2cccc(SC(C(=O)Nc3ccc(Br)cc3F)c3ccccc3)c2)c1. The first-order chi connectivity index (χ1) is 23.7. The van der Waals surface area contributed by atoms with Crippen molar-refractivity contribution in [3.63, 3.8) is 0 Å². The second kappa shape index (κ2) is 16.6. The number of anilines is 2. The Morgan fingerprint density at radius 2 is 1.53 bits per heavy atom. The zero-order valence-corrected chi connectivity index (χ0v) is 28.8. The van der Waals surface area contributed by atoms with E-state index in [1.54, 1.807) is 78.9 Å². The van der Waals surface area contributed by atoms with E-state index in [4.69, 9.17) is 9.47 Å². The molecule has 49 heavy (non-hydrogen) atoms. The third-order valence-electron chi connectivity index (χ3n) is 7.14. The predicted octanol–water partition coefficient (Wildman–Crippen LogP) is 8.49. The average molecular weight is 741 g/mol. The number of hydrogen-bond donors (Lipinski definition) is 3. The van der Waals surface area contributed by atoms with Crippen LogP contribution in [0.1, 0.15) is 26.7 Å². The van der Waals surface area contributed by atoms with Crippen LogP contribution >= 0.6 is 27.7 Å². The highest BCUT2D eigenvalue weighted by Crippen LogP contribution is 2.37. The molecule has 0 saturated heterocycles. The fraction of sp³-hybridized carbons (Fsp3) is 0.0789. The van der Waals surface area contributed by atoms with Gasteiger partial charge in [-0.25, -0.2) is 4.39 Å². The fourth-order valence-corrected chi connectivity index (χ4v) is 6.14. The van der Waals surface area contributed by atoms with Gasteiger partial charge in [0, 0.05) is 26.2 Å². The van der Waals surface area contributed by atoms with Gasteiger partial charge >= 0.3 is 0 Å². The second-order valence-electron chi connectivity index (χ2n) is 10.5. The van der Waals surface area contributed by atoms with E-state index in [0.29, 0.717) is 43.2 Å². The van der Waals surface area contributed by atoms with Crippen LogP contribution in [0.3, 0.4) is 0 Å². The number of ether oxygens (including phenoxy) is 2. The minimum atomic E-state index is -0.753. The zero-order valence-electron chi connectivity index (χ0n) is 26.4. The molecule has 11 heteroatoms. The van der Waals surface area contributed by atoms with Crippen LogP contribution < -0.4 is 25.4 Å². The quantitative estimate of drug-likeness (QED) is 0.0876. The number of hydrogen-bond acceptors (Lipinski definition) is 6. The van der Waals surface area contributed by atoms with Gasteiger partial charge in [-0.15, -0.1) is 11.8 Å². The molecule has 0 aliphatic rings. The molecule has 0 radical (unpaired) electrons. The number of thioether (sulfide) groups is 1. The number of amides is 3. The molecule has 0 spiro atoms. The molecule has 0 bridgehead atoms. The molecule has 5 rings (SSSR count). The Bertz CT molecular complexity index is 1990. The van der Waals surface area contributed by atoms with Gasteiger partial charge in [-0.2, -0.15) is 0 Å². The second-order valence-corrected chi connectivity index (χ2v) is 12.6. The van der Waals surface area contributed by atoms with Gasteiger partial charge in [-0.1, -0.05) is 70.5 Å². The number of halogens is 2. The Hall–Kier alpha value is -5.39. The van der Waals surface area contributed by atoms with Crippen LogP contribution in [0, 0.1) is 5.82 Å². The first kappa shape index (κ1) is 34.9. The summed E-state index contributed by atoms with van der Waals surface area (Å²) in [6.07, 6.45) is 1.51. The average Bonchev–Trinajstić information content (AvgIpc) is 3.12. The Labute approximate surface area is 295 Å². The molecule has 3 N–H and O–H groups in total. The largest absolute Gasteiger partial charge is 0.497 e. The van der Waals surface area contributed by atoms with Crippen LogP contribution in [0.15, 0.2) is 136 Å². The Balaban J connectivity index is 1.42. The van der Waals surface area contributed by atoms with Crippen molar-refractivity contribution in [2.45, 2.75) is 10.1 Å². The summed E-state index contributed by atoms with van der Waals surface area (Å²) >= 11 is 4.47. The highest BCUT2D eigenvalue weighted by atomic mass is 79.9. The van der Waals surface area contributed by atoms with Crippen molar-refractivity contribution in [3.8, 4) is 11.5 Å². The third-order valence-corrected chi connectivity index (χ3v) is 8.88. The van der Waals surface area contributed by atoms with Crippen molar-refractivity contribution in [2.24, 2.45) is 0 Å². The standard InChI is InChI=1S/C38H31BrFN3O5S/c1-47-29-17-19-34(48-2)26(20-29)21-33(43-36(44)25-12-7-4-8-13-25)37(45)41-28-14-9-15-30(23-28)49-35(24-10-5-3-6-11-24)38(46)42-32-18-16-27(39)22-31(32)40/h3-23,35H,1-2H3,(H,41,45)(H,42,46)(H,43,44)/b33-21+. The summed E-state index contributed by atoms with van der Waals surface area (Å²) in [6.45, 7) is 0. The van der Waals surface area contributed by atoms with Gasteiger partial charge in [0.2, 0.25) is 5.91 Å². The molecule has 0 fully saturated rings. The van der Waals surface area contributed by atoms with Crippen molar-refractivity contribution < 1.29 is 28.2 Å². The maximum absolute atomic E-state index is 14.6. The number of methoxy groups -OCH3 is 2. The number of nitrogens with one attached hydrogen (secondary N) is 3. The topological polar surface area (TPSA) is 106 Å². The van der Waals surface area contributed by atoms with E-state index in [9.17, 15) is 18.8 Å². The van der Waals surface area contributed by atoms with Crippen molar-refractivity contribution in [1.29, 1.82) is 0 Å². The molecule has 0 heterocycles. The molecular weight excluding hydrogens is 709 g/mol. The first-order valence-corrected chi connectivity index (χ1v) is 16.6. The van der Waals surface area contributed by atoms with Gasteiger partial charge < -0.3 is 25.4 Å². The maximum Gasteiger partial charge on any atom is 0.272 e. The molecule has 0 aliphatic carbocycles. The lowest BCUT2D eigenvalue weighted by Crippen LogP contribution is -2.30. The van der Waals surface area contributed by atoms with E-state index in [2.05, 4.69) is 31.9 Å². The molecule has 3 amide bonds. The molecule has 0 aromatic heterocycles. The third kappa shape index (κ3) is 9.37. The zero-order chi connectivity index (χ0) is 34.8. The molecule has 5 aromatic carbocycles. The van der Waals surface area contributed by atoms with Gasteiger partial charge in [0.05, 0.1) is 19.9 Å². The summed E-state index contributed by atoms with van der Waals surface area (Å²) in [6, 6.07) is 34.1. The number of carbonyl (C=O) groups excluding carboxylic acids is 3. The first-order valence-electron chi connectivity index (χ1n) is 14.9. The van der Waals surface area contributed by atoms with Gasteiger partial charge in [0.25, 0.3) is 11.8 Å². The lowest BCUT2D eigenvalue weighted by Gasteiger charge is -2.18. The Morgan fingerprint density at radius 1 is 0.796 bits per heavy atom. The molecule has 248 valence electrons. The molecule has 0 aliphatic heterocycles. The van der Waals surface area contributed by atoms with Crippen LogP contribution in [-0.4, -0.2) is 31.9 Å². The van der Waals surface area contributed by atoms with E-state index in [0.717, 1.165) is 0 Å². The Morgan fingerprint density at radius 3 is 2.22 bits per heavy atom. The number of benzene rings is 5. The van der Waals surface area contributed by atoms with E-state index in [1.165, 1.54) is 44.2 Å². The summed E-state index contributed by atoms with van der Waals surface area (Å²) in [4.78, 5) is 41.2. The minimum Gasteiger partial charge on any atom is -0.497 e. The normalized spacial score (nSPS) is 11.6. The van der Waals surface area contributed by atoms with E-state index in [1.807, 2.05) is 30.3 Å². The molecular formula is C38H31BrFN3O5S. The van der Waals surface area contributed by atoms with Crippen molar-refractivity contribution in [3.05, 3.63) is 154 Å². The smallest absolute Gasteiger partial charge is 0.272 e. The monoisotopic (exact) mass is 739 g/mol. The van der Waals surface area contributed by atoms with Crippen molar-refractivity contribution >= 4 is 62.9 Å². The maximum atomic E-state index is 14.6. The molecule has 1 atom stereocenters. The molecule has 0 saturated carbocycles. The van der Waals surface area contributed by atoms with Crippen LogP contribution in [0.5, 0.6) is 11.5 Å². The van der Waals surface area contributed by atoms with Gasteiger partial charge in [0.1, 0.15) is 28.3 Å². The summed E-state index contributed by atoms with van der Waals surface area (Å²) in [7, 11) is 3.03. The molecule has 8 nitrogen and oxygen atoms in total. The van der Waals surface area contributed by atoms with Crippen LogP contribution in [-0.2, 0) is 9.59 Å². The van der Waals surface area contributed by atoms with Crippen LogP contribution in [0.4, 0.5) is 15.8 Å².